The molecule has 2 rings (SSSR count). The minimum Gasteiger partial charge on any atom is -0.500 e. The van der Waals surface area contributed by atoms with Crippen LogP contribution in [0.3, 0.4) is 0 Å². The van der Waals surface area contributed by atoms with E-state index in [2.05, 4.69) is 0 Å². The van der Waals surface area contributed by atoms with Crippen LogP contribution < -0.4 is 0 Å². The van der Waals surface area contributed by atoms with Gasteiger partial charge in [0.25, 0.3) is 0 Å². The second-order valence-corrected chi connectivity index (χ2v) is 15.2. The van der Waals surface area contributed by atoms with Crippen molar-refractivity contribution in [2.45, 2.75) is 119 Å². The number of hydrogen-bond donors (Lipinski definition) is 0. The van der Waals surface area contributed by atoms with Crippen molar-refractivity contribution < 1.29 is 47.6 Å². The van der Waals surface area contributed by atoms with Gasteiger partial charge in [0.15, 0.2) is 0 Å². The van der Waals surface area contributed by atoms with Crippen molar-refractivity contribution in [1.29, 1.82) is 0 Å². The fraction of sp³-hybridized carbons (Fsp3) is 0.750. The highest BCUT2D eigenvalue weighted by molar-refractivity contribution is 6.03. The molecule has 0 heterocycles. The molecule has 10 heteroatoms. The third-order valence-electron chi connectivity index (χ3n) is 7.22. The summed E-state index contributed by atoms with van der Waals surface area (Å²) in [6.45, 7) is 23.7. The first-order valence-electron chi connectivity index (χ1n) is 14.2. The zero-order chi connectivity index (χ0) is 33.0. The molecule has 0 aromatic carbocycles. The lowest BCUT2D eigenvalue weighted by Gasteiger charge is -2.43. The van der Waals surface area contributed by atoms with Crippen LogP contribution in [0.4, 0.5) is 0 Å². The van der Waals surface area contributed by atoms with Crippen LogP contribution in [0, 0.1) is 22.7 Å². The lowest BCUT2D eigenvalue weighted by molar-refractivity contribution is -0.172. The third-order valence-corrected chi connectivity index (χ3v) is 7.22. The van der Waals surface area contributed by atoms with E-state index in [1.807, 2.05) is 0 Å². The molecule has 0 saturated heterocycles. The number of fused-ring (bicyclic) bond motifs is 1. The van der Waals surface area contributed by atoms with Crippen LogP contribution in [-0.4, -0.2) is 60.5 Å². The van der Waals surface area contributed by atoms with E-state index in [0.717, 1.165) is 0 Å². The van der Waals surface area contributed by atoms with Crippen molar-refractivity contribution >= 4 is 23.9 Å². The van der Waals surface area contributed by atoms with Gasteiger partial charge in [0.05, 0.1) is 25.4 Å². The van der Waals surface area contributed by atoms with E-state index in [4.69, 9.17) is 28.4 Å². The molecule has 0 amide bonds. The van der Waals surface area contributed by atoms with Crippen molar-refractivity contribution in [3.8, 4) is 0 Å². The molecule has 42 heavy (non-hydrogen) atoms. The van der Waals surface area contributed by atoms with Crippen LogP contribution in [0.1, 0.15) is 96.9 Å². The fourth-order valence-electron chi connectivity index (χ4n) is 5.86. The molecule has 10 nitrogen and oxygen atoms in total. The molecule has 4 atom stereocenters. The van der Waals surface area contributed by atoms with E-state index < -0.39 is 68.9 Å². The van der Waals surface area contributed by atoms with Crippen molar-refractivity contribution in [1.82, 2.24) is 0 Å². The molecule has 0 aliphatic heterocycles. The highest BCUT2D eigenvalue weighted by Gasteiger charge is 2.77. The summed E-state index contributed by atoms with van der Waals surface area (Å²) in [7, 11) is 2.64. The average Bonchev–Trinajstić information content (AvgIpc) is 3.04. The van der Waals surface area contributed by atoms with Crippen LogP contribution in [0.15, 0.2) is 22.7 Å². The average molecular weight is 595 g/mol. The van der Waals surface area contributed by atoms with Gasteiger partial charge in [-0.3, -0.25) is 9.59 Å². The second-order valence-electron chi connectivity index (χ2n) is 15.2. The highest BCUT2D eigenvalue weighted by atomic mass is 16.6. The van der Waals surface area contributed by atoms with Gasteiger partial charge in [-0.15, -0.1) is 0 Å². The predicted octanol–water partition coefficient (Wildman–Crippen LogP) is 5.43. The molecule has 238 valence electrons. The number of methoxy groups -OCH3 is 2. The van der Waals surface area contributed by atoms with Gasteiger partial charge in [0.1, 0.15) is 45.8 Å². The Kier molecular flexibility index (Phi) is 9.13. The second kappa shape index (κ2) is 10.9. The maximum atomic E-state index is 14.1. The number of carbonyl (C=O) groups excluding carboxylic acids is 4. The summed E-state index contributed by atoms with van der Waals surface area (Å²) < 4.78 is 34.9. The smallest absolute Gasteiger partial charge is 0.338 e. The molecule has 2 aliphatic carbocycles. The normalized spacial score (nSPS) is 26.5. The molecule has 0 aromatic heterocycles. The summed E-state index contributed by atoms with van der Waals surface area (Å²) >= 11 is 0. The summed E-state index contributed by atoms with van der Waals surface area (Å²) in [4.78, 5) is 56.4. The largest absolute Gasteiger partial charge is 0.500 e. The van der Waals surface area contributed by atoms with Crippen LogP contribution in [0.2, 0.25) is 0 Å². The Morgan fingerprint density at radius 2 is 0.738 bits per heavy atom. The number of hydrogen-bond acceptors (Lipinski definition) is 10. The van der Waals surface area contributed by atoms with E-state index in [1.54, 1.807) is 96.9 Å². The molecule has 0 fully saturated rings. The zero-order valence-electron chi connectivity index (χ0n) is 28.2. The topological polar surface area (TPSA) is 124 Å². The monoisotopic (exact) mass is 594 g/mol. The Balaban J connectivity index is 3.13. The van der Waals surface area contributed by atoms with Crippen LogP contribution in [-0.2, 0) is 47.6 Å². The van der Waals surface area contributed by atoms with Crippen LogP contribution in [0.5, 0.6) is 0 Å². The van der Waals surface area contributed by atoms with Crippen molar-refractivity contribution in [3.63, 3.8) is 0 Å². The van der Waals surface area contributed by atoms with Gasteiger partial charge in [-0.1, -0.05) is 13.8 Å². The number of rotatable bonds is 6. The van der Waals surface area contributed by atoms with Gasteiger partial charge >= 0.3 is 23.9 Å². The van der Waals surface area contributed by atoms with Gasteiger partial charge in [0, 0.05) is 10.8 Å². The molecule has 0 unspecified atom stereocenters. The first kappa shape index (κ1) is 35.2. The molecule has 0 bridgehead atoms. The summed E-state index contributed by atoms with van der Waals surface area (Å²) in [5.74, 6) is -5.96. The number of ether oxygens (including phenoxy) is 6. The summed E-state index contributed by atoms with van der Waals surface area (Å²) in [5, 5.41) is 0. The van der Waals surface area contributed by atoms with E-state index in [9.17, 15) is 19.2 Å². The van der Waals surface area contributed by atoms with Gasteiger partial charge in [-0.05, 0) is 83.1 Å². The predicted molar refractivity (Wildman–Crippen MR) is 155 cm³/mol. The molecule has 0 saturated carbocycles. The van der Waals surface area contributed by atoms with Gasteiger partial charge < -0.3 is 28.4 Å². The quantitative estimate of drug-likeness (QED) is 0.291. The molecule has 2 aliphatic rings. The van der Waals surface area contributed by atoms with Crippen molar-refractivity contribution in [2.24, 2.45) is 22.7 Å². The number of carbonyl (C=O) groups is 4. The standard InChI is InChI=1S/C32H50O10/c1-27(2,3)39-23(33)17-21(37-15)18(24(34)40-28(4,5)6)32(14)20(26(36)42-30(10,11)12)22(38-16)19(31(17,32)13)25(35)41-29(7,8)9/h17,20H,1-16H3/t17-,20+,31-,32+/m0/s1. The van der Waals surface area contributed by atoms with E-state index >= 15 is 0 Å². The molecule has 0 radical (unpaired) electrons. The van der Waals surface area contributed by atoms with Crippen molar-refractivity contribution in [2.75, 3.05) is 14.2 Å². The van der Waals surface area contributed by atoms with Crippen molar-refractivity contribution in [3.05, 3.63) is 22.7 Å². The van der Waals surface area contributed by atoms with Gasteiger partial charge in [0.2, 0.25) is 0 Å². The zero-order valence-corrected chi connectivity index (χ0v) is 28.2. The molecular formula is C32H50O10. The van der Waals surface area contributed by atoms with Gasteiger partial charge in [-0.25, -0.2) is 9.59 Å². The lowest BCUT2D eigenvalue weighted by atomic mass is 9.58. The lowest BCUT2D eigenvalue weighted by Crippen LogP contribution is -2.50. The first-order valence-corrected chi connectivity index (χ1v) is 14.2. The molecule has 0 aromatic rings. The Morgan fingerprint density at radius 1 is 0.500 bits per heavy atom. The van der Waals surface area contributed by atoms with E-state index in [0.29, 0.717) is 0 Å². The van der Waals surface area contributed by atoms with Crippen LogP contribution in [0.25, 0.3) is 0 Å². The SMILES string of the molecule is COC1=C(C(=O)OC(C)(C)C)[C@]2(C)[C@H](C(=O)OC(C)(C)C)C(OC)=C(C(=O)OC(C)(C)C)[C@]2(C)[C@H]1C(=O)OC(C)(C)C. The highest BCUT2D eigenvalue weighted by Crippen LogP contribution is 2.72. The number of esters is 4. The summed E-state index contributed by atoms with van der Waals surface area (Å²) in [5.41, 5.74) is -7.17. The fourth-order valence-corrected chi connectivity index (χ4v) is 5.86. The summed E-state index contributed by atoms with van der Waals surface area (Å²) in [6, 6.07) is 0. The first-order chi connectivity index (χ1) is 18.7. The third kappa shape index (κ3) is 6.47. The Labute approximate surface area is 250 Å². The summed E-state index contributed by atoms with van der Waals surface area (Å²) in [6.07, 6.45) is 0. The minimum absolute atomic E-state index is 0.0618. The Morgan fingerprint density at radius 3 is 0.929 bits per heavy atom. The Bertz CT molecular complexity index is 1100. The van der Waals surface area contributed by atoms with Gasteiger partial charge in [-0.2, -0.15) is 0 Å². The minimum atomic E-state index is -1.64. The molecular weight excluding hydrogens is 544 g/mol. The van der Waals surface area contributed by atoms with Crippen LogP contribution >= 0.6 is 0 Å². The van der Waals surface area contributed by atoms with E-state index in [1.165, 1.54) is 14.2 Å². The van der Waals surface area contributed by atoms with E-state index in [-0.39, 0.29) is 22.7 Å². The molecule has 0 N–H and O–H groups in total. The maximum Gasteiger partial charge on any atom is 0.338 e. The Hall–Kier alpha value is -3.04. The maximum absolute atomic E-state index is 14.1. The molecule has 0 spiro atoms.